The molecule has 0 aromatic heterocycles. The Labute approximate surface area is 169 Å². The standard InChI is InChI=1S/C22H24N2O5/c1-16-19(13-8-14-20(16)24(27)28)22(26)29-15-21(25)23(17-9-4-2-5-10-17)18-11-6-3-7-12-18/h2,4-5,8-10,13-14,18H,3,6-7,11-12,15H2,1H3. The van der Waals surface area contributed by atoms with Gasteiger partial charge in [0.1, 0.15) is 0 Å². The van der Waals surface area contributed by atoms with Gasteiger partial charge in [0.25, 0.3) is 11.6 Å². The van der Waals surface area contributed by atoms with Crippen LogP contribution in [0.5, 0.6) is 0 Å². The molecule has 1 aliphatic rings. The van der Waals surface area contributed by atoms with Crippen LogP contribution in [0, 0.1) is 17.0 Å². The second-order valence-electron chi connectivity index (χ2n) is 7.17. The number of hydrogen-bond donors (Lipinski definition) is 0. The summed E-state index contributed by atoms with van der Waals surface area (Å²) in [6.07, 6.45) is 5.12. The van der Waals surface area contributed by atoms with Gasteiger partial charge in [-0.25, -0.2) is 4.79 Å². The van der Waals surface area contributed by atoms with Crippen LogP contribution in [0.4, 0.5) is 11.4 Å². The number of nitro benzene ring substituents is 1. The molecule has 0 N–H and O–H groups in total. The highest BCUT2D eigenvalue weighted by Gasteiger charge is 2.28. The number of hydrogen-bond acceptors (Lipinski definition) is 5. The van der Waals surface area contributed by atoms with Gasteiger partial charge in [-0.15, -0.1) is 0 Å². The second kappa shape index (κ2) is 9.32. The molecule has 0 saturated heterocycles. The zero-order valence-electron chi connectivity index (χ0n) is 16.4. The quantitative estimate of drug-likeness (QED) is 0.409. The van der Waals surface area contributed by atoms with Gasteiger partial charge in [0.2, 0.25) is 0 Å². The van der Waals surface area contributed by atoms with Crippen LogP contribution < -0.4 is 4.90 Å². The van der Waals surface area contributed by atoms with Crippen LogP contribution >= 0.6 is 0 Å². The number of rotatable bonds is 6. The molecule has 0 radical (unpaired) electrons. The van der Waals surface area contributed by atoms with Crippen LogP contribution in [-0.2, 0) is 9.53 Å². The molecule has 0 heterocycles. The summed E-state index contributed by atoms with van der Waals surface area (Å²) >= 11 is 0. The van der Waals surface area contributed by atoms with E-state index in [0.29, 0.717) is 0 Å². The average Bonchev–Trinajstić information content (AvgIpc) is 2.73. The molecule has 2 aromatic carbocycles. The van der Waals surface area contributed by atoms with Gasteiger partial charge in [0.15, 0.2) is 6.61 Å². The van der Waals surface area contributed by atoms with Crippen molar-refractivity contribution in [3.63, 3.8) is 0 Å². The Morgan fingerprint density at radius 1 is 1.07 bits per heavy atom. The van der Waals surface area contributed by atoms with E-state index in [4.69, 9.17) is 4.74 Å². The molecule has 2 aromatic rings. The lowest BCUT2D eigenvalue weighted by Crippen LogP contribution is -2.43. The lowest BCUT2D eigenvalue weighted by molar-refractivity contribution is -0.385. The third-order valence-electron chi connectivity index (χ3n) is 5.29. The van der Waals surface area contributed by atoms with E-state index >= 15 is 0 Å². The lowest BCUT2D eigenvalue weighted by Gasteiger charge is -2.34. The fraction of sp³-hybridized carbons (Fsp3) is 0.364. The van der Waals surface area contributed by atoms with Crippen molar-refractivity contribution in [2.45, 2.75) is 45.1 Å². The van der Waals surface area contributed by atoms with Crippen molar-refractivity contribution >= 4 is 23.3 Å². The first kappa shape index (κ1) is 20.5. The molecule has 0 bridgehead atoms. The van der Waals surface area contributed by atoms with Gasteiger partial charge < -0.3 is 9.64 Å². The van der Waals surface area contributed by atoms with Crippen LogP contribution in [0.25, 0.3) is 0 Å². The van der Waals surface area contributed by atoms with Crippen LogP contribution in [0.2, 0.25) is 0 Å². The third-order valence-corrected chi connectivity index (χ3v) is 5.29. The Balaban J connectivity index is 1.74. The van der Waals surface area contributed by atoms with Crippen molar-refractivity contribution < 1.29 is 19.2 Å². The van der Waals surface area contributed by atoms with Crippen molar-refractivity contribution in [1.82, 2.24) is 0 Å². The van der Waals surface area contributed by atoms with E-state index in [9.17, 15) is 19.7 Å². The first-order chi connectivity index (χ1) is 14.0. The normalized spacial score (nSPS) is 14.2. The molecule has 7 nitrogen and oxygen atoms in total. The largest absolute Gasteiger partial charge is 0.452 e. The van der Waals surface area contributed by atoms with Crippen LogP contribution in [0.1, 0.15) is 48.0 Å². The molecule has 0 atom stereocenters. The van der Waals surface area contributed by atoms with Crippen LogP contribution in [0.15, 0.2) is 48.5 Å². The fourth-order valence-electron chi connectivity index (χ4n) is 3.80. The minimum absolute atomic E-state index is 0.0805. The van der Waals surface area contributed by atoms with Gasteiger partial charge in [-0.2, -0.15) is 0 Å². The number of nitrogens with zero attached hydrogens (tertiary/aromatic N) is 2. The maximum absolute atomic E-state index is 13.0. The maximum atomic E-state index is 13.0. The van der Waals surface area contributed by atoms with Gasteiger partial charge in [-0.3, -0.25) is 14.9 Å². The Bertz CT molecular complexity index is 891. The average molecular weight is 396 g/mol. The van der Waals surface area contributed by atoms with Gasteiger partial charge in [-0.1, -0.05) is 43.5 Å². The summed E-state index contributed by atoms with van der Waals surface area (Å²) in [5, 5.41) is 11.1. The smallest absolute Gasteiger partial charge is 0.339 e. The Morgan fingerprint density at radius 3 is 2.41 bits per heavy atom. The molecular formula is C22H24N2O5. The maximum Gasteiger partial charge on any atom is 0.339 e. The summed E-state index contributed by atoms with van der Waals surface area (Å²) in [6, 6.07) is 13.7. The van der Waals surface area contributed by atoms with Crippen molar-refractivity contribution in [2.24, 2.45) is 0 Å². The molecule has 0 aliphatic heterocycles. The molecule has 0 spiro atoms. The molecule has 29 heavy (non-hydrogen) atoms. The van der Waals surface area contributed by atoms with E-state index in [-0.39, 0.29) is 28.8 Å². The van der Waals surface area contributed by atoms with Crippen molar-refractivity contribution in [3.05, 3.63) is 69.8 Å². The van der Waals surface area contributed by atoms with E-state index < -0.39 is 17.5 Å². The molecule has 1 fully saturated rings. The molecule has 0 unspecified atom stereocenters. The number of carbonyl (C=O) groups excluding carboxylic acids is 2. The summed E-state index contributed by atoms with van der Waals surface area (Å²) in [5.41, 5.74) is 0.948. The molecule has 152 valence electrons. The number of benzene rings is 2. The molecular weight excluding hydrogens is 372 g/mol. The summed E-state index contributed by atoms with van der Waals surface area (Å²) < 4.78 is 5.25. The Kier molecular flexibility index (Phi) is 6.59. The van der Waals surface area contributed by atoms with Gasteiger partial charge >= 0.3 is 5.97 Å². The minimum atomic E-state index is -0.740. The SMILES string of the molecule is Cc1c(C(=O)OCC(=O)N(c2ccccc2)C2CCCCC2)cccc1[N+](=O)[O-]. The van der Waals surface area contributed by atoms with Gasteiger partial charge in [-0.05, 0) is 38.0 Å². The third kappa shape index (κ3) is 4.80. The first-order valence-electron chi connectivity index (χ1n) is 9.77. The second-order valence-corrected chi connectivity index (χ2v) is 7.17. The molecule has 1 aliphatic carbocycles. The number of para-hydroxylation sites is 1. The zero-order valence-corrected chi connectivity index (χ0v) is 16.4. The summed E-state index contributed by atoms with van der Waals surface area (Å²) in [6.45, 7) is 1.08. The number of amides is 1. The monoisotopic (exact) mass is 396 g/mol. The van der Waals surface area contributed by atoms with Gasteiger partial charge in [0, 0.05) is 23.4 Å². The Morgan fingerprint density at radius 2 is 1.76 bits per heavy atom. The summed E-state index contributed by atoms with van der Waals surface area (Å²) in [4.78, 5) is 37.7. The van der Waals surface area contributed by atoms with E-state index in [0.717, 1.165) is 37.8 Å². The van der Waals surface area contributed by atoms with Crippen molar-refractivity contribution in [3.8, 4) is 0 Å². The lowest BCUT2D eigenvalue weighted by atomic mass is 9.93. The topological polar surface area (TPSA) is 89.8 Å². The number of nitro groups is 1. The minimum Gasteiger partial charge on any atom is -0.452 e. The molecule has 3 rings (SSSR count). The van der Waals surface area contributed by atoms with E-state index in [1.165, 1.54) is 25.1 Å². The van der Waals surface area contributed by atoms with E-state index in [1.54, 1.807) is 4.90 Å². The van der Waals surface area contributed by atoms with Crippen molar-refractivity contribution in [1.29, 1.82) is 0 Å². The van der Waals surface area contributed by atoms with Crippen LogP contribution in [0.3, 0.4) is 0 Å². The predicted molar refractivity (Wildman–Crippen MR) is 109 cm³/mol. The van der Waals surface area contributed by atoms with Crippen molar-refractivity contribution in [2.75, 3.05) is 11.5 Å². The highest BCUT2D eigenvalue weighted by molar-refractivity contribution is 5.98. The zero-order chi connectivity index (χ0) is 20.8. The Hall–Kier alpha value is -3.22. The number of esters is 1. The summed E-state index contributed by atoms with van der Waals surface area (Å²) in [5.74, 6) is -1.03. The van der Waals surface area contributed by atoms with E-state index in [2.05, 4.69) is 0 Å². The highest BCUT2D eigenvalue weighted by Crippen LogP contribution is 2.28. The highest BCUT2D eigenvalue weighted by atomic mass is 16.6. The number of ether oxygens (including phenoxy) is 1. The van der Waals surface area contributed by atoms with Gasteiger partial charge in [0.05, 0.1) is 10.5 Å². The summed E-state index contributed by atoms with van der Waals surface area (Å²) in [7, 11) is 0. The molecule has 1 amide bonds. The molecule has 7 heteroatoms. The molecule has 1 saturated carbocycles. The first-order valence-corrected chi connectivity index (χ1v) is 9.77. The number of anilines is 1. The van der Waals surface area contributed by atoms with E-state index in [1.807, 2.05) is 30.3 Å². The number of carbonyl (C=O) groups is 2. The van der Waals surface area contributed by atoms with Crippen LogP contribution in [-0.4, -0.2) is 29.4 Å². The predicted octanol–water partition coefficient (Wildman–Crippen LogP) is 4.43. The fourth-order valence-corrected chi connectivity index (χ4v) is 3.80.